The normalized spacial score (nSPS) is 11.2. The Morgan fingerprint density at radius 3 is 2.59 bits per heavy atom. The Balaban J connectivity index is 1.73. The van der Waals surface area contributed by atoms with Crippen molar-refractivity contribution in [2.24, 2.45) is 0 Å². The Hall–Kier alpha value is -2.98. The number of hydrogen-bond donors (Lipinski definition) is 2. The number of anilines is 1. The van der Waals surface area contributed by atoms with Gasteiger partial charge in [0.25, 0.3) is 5.56 Å². The molecule has 0 fully saturated rings. The van der Waals surface area contributed by atoms with Crippen LogP contribution in [0.4, 0.5) is 10.1 Å². The fourth-order valence-corrected chi connectivity index (χ4v) is 4.35. The lowest BCUT2D eigenvalue weighted by Crippen LogP contribution is -2.20. The van der Waals surface area contributed by atoms with Gasteiger partial charge in [0.15, 0.2) is 10.1 Å². The van der Waals surface area contributed by atoms with Crippen LogP contribution in [-0.4, -0.2) is 30.0 Å². The molecular weight excluding hydrogens is 417 g/mol. The highest BCUT2D eigenvalue weighted by molar-refractivity contribution is 7.99. The number of nitrogens with one attached hydrogen (secondary N) is 2. The summed E-state index contributed by atoms with van der Waals surface area (Å²) in [5.41, 5.74) is -0.0874. The molecule has 1 aromatic heterocycles. The van der Waals surface area contributed by atoms with Crippen molar-refractivity contribution in [3.05, 3.63) is 76.5 Å². The minimum atomic E-state index is -4.16. The van der Waals surface area contributed by atoms with Crippen molar-refractivity contribution >= 4 is 33.2 Å². The first kappa shape index (κ1) is 20.7. The van der Waals surface area contributed by atoms with Gasteiger partial charge in [-0.25, -0.2) is 17.8 Å². The Kier molecular flexibility index (Phi) is 6.14. The molecule has 150 valence electrons. The number of para-hydroxylation sites is 1. The number of carbonyl (C=O) groups is 1. The molecule has 0 aliphatic heterocycles. The summed E-state index contributed by atoms with van der Waals surface area (Å²) in [6.45, 7) is 1.43. The van der Waals surface area contributed by atoms with E-state index in [4.69, 9.17) is 0 Å². The molecule has 2 aromatic carbocycles. The lowest BCUT2D eigenvalue weighted by molar-refractivity contribution is -0.113. The molecule has 3 aromatic rings. The second kappa shape index (κ2) is 8.58. The number of carbonyl (C=O) groups excluding carboxylic acids is 1. The number of thioether (sulfide) groups is 1. The molecule has 0 aliphatic carbocycles. The van der Waals surface area contributed by atoms with Gasteiger partial charge in [-0.2, -0.15) is 0 Å². The molecule has 2 N–H and O–H groups in total. The Labute approximate surface area is 170 Å². The number of aryl methyl sites for hydroxylation is 1. The zero-order valence-corrected chi connectivity index (χ0v) is 16.8. The number of benzene rings is 2. The summed E-state index contributed by atoms with van der Waals surface area (Å²) in [5.74, 6) is -0.875. The minimum Gasteiger partial charge on any atom is -0.325 e. The largest absolute Gasteiger partial charge is 0.325 e. The van der Waals surface area contributed by atoms with E-state index >= 15 is 0 Å². The second-order valence-electron chi connectivity index (χ2n) is 6.00. The van der Waals surface area contributed by atoms with Crippen LogP contribution in [0.3, 0.4) is 0 Å². The van der Waals surface area contributed by atoms with Gasteiger partial charge in [-0.3, -0.25) is 9.59 Å². The molecule has 0 atom stereocenters. The monoisotopic (exact) mass is 433 g/mol. The standard InChI is InChI=1S/C19H16FN3O4S2/c1-12-9-14(7-8-15(12)20)29(26,27)16-10-21-19(23-18(16)25)28-11-17(24)22-13-5-3-2-4-6-13/h2-10H,11H2,1H3,(H,22,24)(H,21,23,25). The van der Waals surface area contributed by atoms with Crippen LogP contribution in [0.15, 0.2) is 74.5 Å². The van der Waals surface area contributed by atoms with Crippen molar-refractivity contribution in [3.8, 4) is 0 Å². The summed E-state index contributed by atoms with van der Waals surface area (Å²) < 4.78 is 38.7. The third kappa shape index (κ3) is 4.90. The number of nitrogens with zero attached hydrogens (tertiary/aromatic N) is 1. The Morgan fingerprint density at radius 2 is 1.93 bits per heavy atom. The minimum absolute atomic E-state index is 0.0267. The van der Waals surface area contributed by atoms with Crippen LogP contribution in [0.1, 0.15) is 5.56 Å². The fourth-order valence-electron chi connectivity index (χ4n) is 2.40. The van der Waals surface area contributed by atoms with Crippen LogP contribution in [0, 0.1) is 12.7 Å². The van der Waals surface area contributed by atoms with Gasteiger partial charge in [0.2, 0.25) is 15.7 Å². The van der Waals surface area contributed by atoms with Crippen LogP contribution < -0.4 is 10.9 Å². The van der Waals surface area contributed by atoms with Gasteiger partial charge in [-0.05, 0) is 42.8 Å². The Bertz CT molecular complexity index is 1210. The van der Waals surface area contributed by atoms with Gasteiger partial charge >= 0.3 is 0 Å². The number of halogens is 1. The lowest BCUT2D eigenvalue weighted by Gasteiger charge is -2.07. The van der Waals surface area contributed by atoms with E-state index in [0.717, 1.165) is 36.2 Å². The highest BCUT2D eigenvalue weighted by atomic mass is 32.2. The predicted octanol–water partition coefficient (Wildman–Crippen LogP) is 2.78. The van der Waals surface area contributed by atoms with Crippen LogP contribution in [0.25, 0.3) is 0 Å². The first-order valence-electron chi connectivity index (χ1n) is 8.35. The number of H-pyrrole nitrogens is 1. The maximum atomic E-state index is 13.4. The van der Waals surface area contributed by atoms with E-state index in [1.165, 1.54) is 6.92 Å². The van der Waals surface area contributed by atoms with Crippen LogP contribution >= 0.6 is 11.8 Å². The fraction of sp³-hybridized carbons (Fsp3) is 0.105. The summed E-state index contributed by atoms with van der Waals surface area (Å²) in [6, 6.07) is 12.1. The molecule has 0 spiro atoms. The topological polar surface area (TPSA) is 109 Å². The van der Waals surface area contributed by atoms with Gasteiger partial charge in [-0.15, -0.1) is 0 Å². The van der Waals surface area contributed by atoms with Crippen molar-refractivity contribution < 1.29 is 17.6 Å². The first-order chi connectivity index (χ1) is 13.8. The van der Waals surface area contributed by atoms with Crippen molar-refractivity contribution in [1.82, 2.24) is 9.97 Å². The van der Waals surface area contributed by atoms with Gasteiger partial charge in [0, 0.05) is 5.69 Å². The van der Waals surface area contributed by atoms with Gasteiger partial charge in [0.1, 0.15) is 5.82 Å². The van der Waals surface area contributed by atoms with Gasteiger partial charge in [-0.1, -0.05) is 30.0 Å². The van der Waals surface area contributed by atoms with Crippen molar-refractivity contribution in [1.29, 1.82) is 0 Å². The molecule has 1 amide bonds. The maximum Gasteiger partial charge on any atom is 0.270 e. The van der Waals surface area contributed by atoms with Crippen LogP contribution in [0.2, 0.25) is 0 Å². The van der Waals surface area contributed by atoms with E-state index in [1.54, 1.807) is 24.3 Å². The molecule has 1 heterocycles. The summed E-state index contributed by atoms with van der Waals surface area (Å²) in [7, 11) is -4.16. The third-order valence-corrected chi connectivity index (χ3v) is 6.50. The van der Waals surface area contributed by atoms with Crippen molar-refractivity contribution in [2.75, 3.05) is 11.1 Å². The molecule has 10 heteroatoms. The molecule has 3 rings (SSSR count). The molecule has 7 nitrogen and oxygen atoms in total. The molecule has 0 aliphatic rings. The summed E-state index contributed by atoms with van der Waals surface area (Å²) in [4.78, 5) is 29.8. The predicted molar refractivity (Wildman–Crippen MR) is 107 cm³/mol. The Morgan fingerprint density at radius 1 is 1.21 bits per heavy atom. The molecule has 29 heavy (non-hydrogen) atoms. The van der Waals surface area contributed by atoms with E-state index in [1.807, 2.05) is 6.07 Å². The van der Waals surface area contributed by atoms with E-state index < -0.39 is 26.1 Å². The number of aromatic amines is 1. The second-order valence-corrected chi connectivity index (χ2v) is 8.88. The van der Waals surface area contributed by atoms with E-state index in [9.17, 15) is 22.4 Å². The highest BCUT2D eigenvalue weighted by Crippen LogP contribution is 2.21. The average Bonchev–Trinajstić information content (AvgIpc) is 2.69. The molecule has 0 unspecified atom stereocenters. The van der Waals surface area contributed by atoms with Gasteiger partial charge in [0.05, 0.1) is 16.8 Å². The average molecular weight is 433 g/mol. The molecule has 0 bridgehead atoms. The summed E-state index contributed by atoms with van der Waals surface area (Å²) in [5, 5.41) is 2.79. The number of sulfone groups is 1. The number of rotatable bonds is 6. The smallest absolute Gasteiger partial charge is 0.270 e. The van der Waals surface area contributed by atoms with E-state index in [-0.39, 0.29) is 27.3 Å². The van der Waals surface area contributed by atoms with Crippen LogP contribution in [-0.2, 0) is 14.6 Å². The molecular formula is C19H16FN3O4S2. The lowest BCUT2D eigenvalue weighted by atomic mass is 10.2. The molecule has 0 saturated heterocycles. The summed E-state index contributed by atoms with van der Waals surface area (Å²) >= 11 is 0.958. The van der Waals surface area contributed by atoms with Crippen LogP contribution in [0.5, 0.6) is 0 Å². The molecule has 0 saturated carbocycles. The first-order valence-corrected chi connectivity index (χ1v) is 10.8. The SMILES string of the molecule is Cc1cc(S(=O)(=O)c2cnc(SCC(=O)Nc3ccccc3)[nH]c2=O)ccc1F. The maximum absolute atomic E-state index is 13.4. The number of amides is 1. The van der Waals surface area contributed by atoms with E-state index in [0.29, 0.717) is 5.69 Å². The number of hydrogen-bond acceptors (Lipinski definition) is 6. The van der Waals surface area contributed by atoms with E-state index in [2.05, 4.69) is 15.3 Å². The number of aromatic nitrogens is 2. The summed E-state index contributed by atoms with van der Waals surface area (Å²) in [6.07, 6.45) is 0.935. The highest BCUT2D eigenvalue weighted by Gasteiger charge is 2.23. The quantitative estimate of drug-likeness (QED) is 0.352. The van der Waals surface area contributed by atoms with Crippen molar-refractivity contribution in [2.45, 2.75) is 21.9 Å². The molecule has 0 radical (unpaired) electrons. The third-order valence-electron chi connectivity index (χ3n) is 3.87. The zero-order chi connectivity index (χ0) is 21.0. The van der Waals surface area contributed by atoms with Crippen molar-refractivity contribution in [3.63, 3.8) is 0 Å². The zero-order valence-electron chi connectivity index (χ0n) is 15.2. The van der Waals surface area contributed by atoms with Gasteiger partial charge < -0.3 is 10.3 Å².